The van der Waals surface area contributed by atoms with Gasteiger partial charge in [-0.1, -0.05) is 29.4 Å². The van der Waals surface area contributed by atoms with Crippen LogP contribution in [0.3, 0.4) is 0 Å². The number of benzene rings is 2. The zero-order valence-corrected chi connectivity index (χ0v) is 15.1. The van der Waals surface area contributed by atoms with Gasteiger partial charge in [0.15, 0.2) is 0 Å². The normalized spacial score (nSPS) is 10.8. The number of ether oxygens (including phenoxy) is 1. The van der Waals surface area contributed by atoms with Crippen molar-refractivity contribution < 1.29 is 22.7 Å². The van der Waals surface area contributed by atoms with Gasteiger partial charge in [0.2, 0.25) is 11.8 Å². The van der Waals surface area contributed by atoms with E-state index in [0.717, 1.165) is 11.8 Å². The summed E-state index contributed by atoms with van der Waals surface area (Å²) >= 11 is 6.99. The van der Waals surface area contributed by atoms with Gasteiger partial charge in [0.1, 0.15) is 5.75 Å². The third kappa shape index (κ3) is 5.66. The average Bonchev–Trinajstić information content (AvgIpc) is 3.10. The highest BCUT2D eigenvalue weighted by molar-refractivity contribution is 7.99. The first-order valence-electron chi connectivity index (χ1n) is 7.56. The smallest absolute Gasteiger partial charge is 0.387 e. The van der Waals surface area contributed by atoms with Crippen molar-refractivity contribution in [3.8, 4) is 17.2 Å². The SMILES string of the molecule is O=C(CSc1nnc(-c2cccc(Cl)c2)o1)Nc1ccc(OC(F)F)cc1. The monoisotopic (exact) mass is 411 g/mol. The van der Waals surface area contributed by atoms with Gasteiger partial charge < -0.3 is 14.5 Å². The number of hydrogen-bond acceptors (Lipinski definition) is 6. The van der Waals surface area contributed by atoms with Crippen LogP contribution in [0.5, 0.6) is 5.75 Å². The molecule has 1 N–H and O–H groups in total. The molecule has 3 aromatic rings. The highest BCUT2D eigenvalue weighted by Crippen LogP contribution is 2.25. The lowest BCUT2D eigenvalue weighted by atomic mass is 10.2. The van der Waals surface area contributed by atoms with Crippen LogP contribution in [0.1, 0.15) is 0 Å². The number of thioether (sulfide) groups is 1. The fraction of sp³-hybridized carbons (Fsp3) is 0.118. The molecule has 3 rings (SSSR count). The third-order valence-corrected chi connectivity index (χ3v) is 4.22. The first-order valence-corrected chi connectivity index (χ1v) is 8.93. The highest BCUT2D eigenvalue weighted by Gasteiger charge is 2.12. The average molecular weight is 412 g/mol. The largest absolute Gasteiger partial charge is 0.435 e. The number of anilines is 1. The molecule has 10 heteroatoms. The molecule has 6 nitrogen and oxygen atoms in total. The zero-order chi connectivity index (χ0) is 19.2. The van der Waals surface area contributed by atoms with Gasteiger partial charge in [-0.05, 0) is 42.5 Å². The Bertz CT molecular complexity index is 922. The van der Waals surface area contributed by atoms with E-state index in [0.29, 0.717) is 22.2 Å². The van der Waals surface area contributed by atoms with Crippen molar-refractivity contribution in [1.29, 1.82) is 0 Å². The summed E-state index contributed by atoms with van der Waals surface area (Å²) < 4.78 is 33.9. The number of carbonyl (C=O) groups is 1. The molecule has 0 radical (unpaired) electrons. The molecule has 0 saturated carbocycles. The minimum absolute atomic E-state index is 0.0109. The quantitative estimate of drug-likeness (QED) is 0.567. The Morgan fingerprint density at radius 2 is 2.00 bits per heavy atom. The summed E-state index contributed by atoms with van der Waals surface area (Å²) in [6, 6.07) is 12.6. The Kier molecular flexibility index (Phi) is 6.25. The predicted molar refractivity (Wildman–Crippen MR) is 97.2 cm³/mol. The standard InChI is InChI=1S/C17H12ClF2N3O3S/c18-11-3-1-2-10(8-11)15-22-23-17(26-15)27-9-14(24)21-12-4-6-13(7-5-12)25-16(19)20/h1-8,16H,9H2,(H,21,24). The number of nitrogens with zero attached hydrogens (tertiary/aromatic N) is 2. The molecular formula is C17H12ClF2N3O3S. The van der Waals surface area contributed by atoms with Crippen LogP contribution >= 0.6 is 23.4 Å². The molecule has 1 aromatic heterocycles. The summed E-state index contributed by atoms with van der Waals surface area (Å²) in [6.45, 7) is -2.90. The van der Waals surface area contributed by atoms with Gasteiger partial charge in [0, 0.05) is 16.3 Å². The lowest BCUT2D eigenvalue weighted by Gasteiger charge is -2.06. The van der Waals surface area contributed by atoms with E-state index in [2.05, 4.69) is 20.3 Å². The molecule has 0 saturated heterocycles. The third-order valence-electron chi connectivity index (χ3n) is 3.17. The van der Waals surface area contributed by atoms with E-state index in [1.807, 2.05) is 0 Å². The molecule has 0 spiro atoms. The van der Waals surface area contributed by atoms with Crippen LogP contribution in [0.2, 0.25) is 5.02 Å². The number of alkyl halides is 2. The molecule has 0 aliphatic rings. The maximum absolute atomic E-state index is 12.1. The van der Waals surface area contributed by atoms with Crippen LogP contribution in [0.4, 0.5) is 14.5 Å². The molecule has 0 unspecified atom stereocenters. The molecule has 0 atom stereocenters. The molecule has 1 heterocycles. The molecule has 0 aliphatic carbocycles. The molecule has 140 valence electrons. The van der Waals surface area contributed by atoms with Gasteiger partial charge in [0.25, 0.3) is 5.22 Å². The number of halogens is 3. The second kappa shape index (κ2) is 8.83. The maximum Gasteiger partial charge on any atom is 0.387 e. The summed E-state index contributed by atoms with van der Waals surface area (Å²) in [4.78, 5) is 12.0. The number of rotatable bonds is 7. The second-order valence-corrected chi connectivity index (χ2v) is 6.49. The summed E-state index contributed by atoms with van der Waals surface area (Å²) in [5, 5.41) is 11.2. The van der Waals surface area contributed by atoms with Crippen molar-refractivity contribution in [2.75, 3.05) is 11.1 Å². The topological polar surface area (TPSA) is 77.2 Å². The highest BCUT2D eigenvalue weighted by atomic mass is 35.5. The maximum atomic E-state index is 12.1. The lowest BCUT2D eigenvalue weighted by Crippen LogP contribution is -2.14. The van der Waals surface area contributed by atoms with Crippen molar-refractivity contribution in [2.45, 2.75) is 11.8 Å². The number of hydrogen-bond donors (Lipinski definition) is 1. The van der Waals surface area contributed by atoms with Gasteiger partial charge in [-0.3, -0.25) is 4.79 Å². The fourth-order valence-electron chi connectivity index (χ4n) is 2.05. The first kappa shape index (κ1) is 19.1. The van der Waals surface area contributed by atoms with Gasteiger partial charge >= 0.3 is 6.61 Å². The molecule has 0 aliphatic heterocycles. The van der Waals surface area contributed by atoms with E-state index in [4.69, 9.17) is 16.0 Å². The van der Waals surface area contributed by atoms with Gasteiger partial charge in [0.05, 0.1) is 5.75 Å². The number of nitrogens with one attached hydrogen (secondary N) is 1. The van der Waals surface area contributed by atoms with Crippen LogP contribution in [0.25, 0.3) is 11.5 Å². The van der Waals surface area contributed by atoms with Gasteiger partial charge in [-0.2, -0.15) is 8.78 Å². The van der Waals surface area contributed by atoms with Crippen molar-refractivity contribution >= 4 is 35.0 Å². The number of aromatic nitrogens is 2. The Morgan fingerprint density at radius 1 is 1.22 bits per heavy atom. The molecule has 1 amide bonds. The molecule has 2 aromatic carbocycles. The summed E-state index contributed by atoms with van der Waals surface area (Å²) in [5.41, 5.74) is 1.13. The number of amides is 1. The summed E-state index contributed by atoms with van der Waals surface area (Å²) in [7, 11) is 0. The predicted octanol–water partition coefficient (Wildman–Crippen LogP) is 4.72. The second-order valence-electron chi connectivity index (χ2n) is 5.12. The van der Waals surface area contributed by atoms with Crippen LogP contribution in [0, 0.1) is 0 Å². The van der Waals surface area contributed by atoms with E-state index in [-0.39, 0.29) is 22.6 Å². The van der Waals surface area contributed by atoms with E-state index in [9.17, 15) is 13.6 Å². The Labute approximate surface area is 161 Å². The lowest BCUT2D eigenvalue weighted by molar-refractivity contribution is -0.113. The van der Waals surface area contributed by atoms with Crippen LogP contribution in [0.15, 0.2) is 58.2 Å². The Morgan fingerprint density at radius 3 is 2.70 bits per heavy atom. The summed E-state index contributed by atoms with van der Waals surface area (Å²) in [5.74, 6) is 0.0313. The van der Waals surface area contributed by atoms with E-state index >= 15 is 0 Å². The summed E-state index contributed by atoms with van der Waals surface area (Å²) in [6.07, 6.45) is 0. The van der Waals surface area contributed by atoms with Crippen LogP contribution in [-0.2, 0) is 4.79 Å². The molecule has 0 bridgehead atoms. The van der Waals surface area contributed by atoms with Crippen molar-refractivity contribution in [1.82, 2.24) is 10.2 Å². The minimum Gasteiger partial charge on any atom is -0.435 e. The van der Waals surface area contributed by atoms with E-state index < -0.39 is 6.61 Å². The van der Waals surface area contributed by atoms with Crippen LogP contribution in [-0.4, -0.2) is 28.5 Å². The van der Waals surface area contributed by atoms with E-state index in [1.54, 1.807) is 24.3 Å². The van der Waals surface area contributed by atoms with Gasteiger partial charge in [-0.25, -0.2) is 0 Å². The fourth-order valence-corrected chi connectivity index (χ4v) is 2.80. The minimum atomic E-state index is -2.90. The van der Waals surface area contributed by atoms with Crippen molar-refractivity contribution in [3.05, 3.63) is 53.6 Å². The zero-order valence-electron chi connectivity index (χ0n) is 13.6. The first-order chi connectivity index (χ1) is 13.0. The van der Waals surface area contributed by atoms with E-state index in [1.165, 1.54) is 24.3 Å². The number of carbonyl (C=O) groups excluding carboxylic acids is 1. The van der Waals surface area contributed by atoms with Crippen molar-refractivity contribution in [2.24, 2.45) is 0 Å². The Hall–Kier alpha value is -2.65. The molecule has 27 heavy (non-hydrogen) atoms. The Balaban J connectivity index is 1.52. The molecule has 0 fully saturated rings. The van der Waals surface area contributed by atoms with Gasteiger partial charge in [-0.15, -0.1) is 10.2 Å². The van der Waals surface area contributed by atoms with Crippen LogP contribution < -0.4 is 10.1 Å². The van der Waals surface area contributed by atoms with Crippen molar-refractivity contribution in [3.63, 3.8) is 0 Å². The molecular weight excluding hydrogens is 400 g/mol.